The van der Waals surface area contributed by atoms with E-state index in [0.717, 1.165) is 5.56 Å². The fourth-order valence-electron chi connectivity index (χ4n) is 5.77. The predicted octanol–water partition coefficient (Wildman–Crippen LogP) is 4.38. The molecule has 0 bridgehead atoms. The van der Waals surface area contributed by atoms with Gasteiger partial charge in [0.05, 0.1) is 62.7 Å². The van der Waals surface area contributed by atoms with E-state index in [1.165, 1.54) is 29.8 Å². The van der Waals surface area contributed by atoms with Gasteiger partial charge in [0.2, 0.25) is 16.4 Å². The Hall–Kier alpha value is -3.08. The van der Waals surface area contributed by atoms with Crippen LogP contribution >= 0.6 is 7.60 Å². The molecule has 2 heterocycles. The number of hydrogen-bond acceptors (Lipinski definition) is 13. The molecule has 15 nitrogen and oxygen atoms in total. The van der Waals surface area contributed by atoms with Crippen LogP contribution in [0.15, 0.2) is 58.6 Å². The normalized spacial score (nSPS) is 20.4. The highest BCUT2D eigenvalue weighted by molar-refractivity contribution is 7.89. The molecule has 51 heavy (non-hydrogen) atoms. The number of nitrogens with zero attached hydrogens (tertiary/aromatic N) is 2. The molecular weight excluding hydrogens is 705 g/mol. The Bertz CT molecular complexity index is 1570. The number of rotatable bonds is 20. The number of hydrogen-bond donors (Lipinski definition) is 2. The number of aliphatic hydroxyl groups is 1. The van der Waals surface area contributed by atoms with E-state index in [1.54, 1.807) is 50.2 Å². The fourth-order valence-corrected chi connectivity index (χ4v) is 8.61. The zero-order chi connectivity index (χ0) is 37.0. The first-order valence-corrected chi connectivity index (χ1v) is 20.2. The highest BCUT2D eigenvalue weighted by Gasteiger charge is 2.44. The predicted molar refractivity (Wildman–Crippen MR) is 188 cm³/mol. The van der Waals surface area contributed by atoms with E-state index < -0.39 is 48.3 Å². The van der Waals surface area contributed by atoms with Crippen LogP contribution in [0.3, 0.4) is 0 Å². The van der Waals surface area contributed by atoms with Crippen molar-refractivity contribution in [3.8, 4) is 5.75 Å². The number of methoxy groups -OCH3 is 1. The second-order valence-electron chi connectivity index (χ2n) is 12.6. The number of ether oxygens (including phenoxy) is 4. The maximum Gasteiger partial charge on any atom is 0.407 e. The summed E-state index contributed by atoms with van der Waals surface area (Å²) < 4.78 is 73.8. The van der Waals surface area contributed by atoms with Gasteiger partial charge >= 0.3 is 13.7 Å². The Morgan fingerprint density at radius 1 is 1.08 bits per heavy atom. The van der Waals surface area contributed by atoms with Gasteiger partial charge in [-0.05, 0) is 68.0 Å². The summed E-state index contributed by atoms with van der Waals surface area (Å²) in [5.41, 5.74) is 1.39. The minimum atomic E-state index is -4.03. The number of nitrogens with one attached hydrogen (secondary N) is 1. The van der Waals surface area contributed by atoms with Crippen LogP contribution in [0.5, 0.6) is 5.75 Å². The monoisotopic (exact) mass is 755 g/mol. The number of oxime groups is 1. The van der Waals surface area contributed by atoms with Crippen molar-refractivity contribution in [3.05, 3.63) is 59.7 Å². The molecule has 2 aromatic rings. The zero-order valence-electron chi connectivity index (χ0n) is 29.7. The average Bonchev–Trinajstić information content (AvgIpc) is 3.72. The van der Waals surface area contributed by atoms with E-state index in [-0.39, 0.29) is 62.4 Å². The van der Waals surface area contributed by atoms with Crippen molar-refractivity contribution in [2.45, 2.75) is 70.0 Å². The summed E-state index contributed by atoms with van der Waals surface area (Å²) >= 11 is 0. The van der Waals surface area contributed by atoms with Crippen LogP contribution in [0.1, 0.15) is 45.2 Å². The molecule has 4 rings (SSSR count). The van der Waals surface area contributed by atoms with Gasteiger partial charge in [0.15, 0.2) is 6.29 Å². The molecule has 2 N–H and O–H groups in total. The minimum Gasteiger partial charge on any atom is -0.497 e. The van der Waals surface area contributed by atoms with E-state index in [2.05, 4.69) is 10.5 Å². The second kappa shape index (κ2) is 19.1. The lowest BCUT2D eigenvalue weighted by Crippen LogP contribution is -2.51. The van der Waals surface area contributed by atoms with Crippen molar-refractivity contribution >= 4 is 29.9 Å². The summed E-state index contributed by atoms with van der Waals surface area (Å²) in [5.74, 6) is 0.363. The topological polar surface area (TPSA) is 181 Å². The van der Waals surface area contributed by atoms with Crippen molar-refractivity contribution in [1.82, 2.24) is 9.62 Å². The molecule has 0 aromatic heterocycles. The molecule has 0 radical (unpaired) electrons. The third-order valence-electron chi connectivity index (χ3n) is 8.25. The van der Waals surface area contributed by atoms with Gasteiger partial charge < -0.3 is 43.3 Å². The number of fused-ring (bicyclic) bond motifs is 1. The Labute approximate surface area is 300 Å². The number of carbonyl (C=O) groups excluding carboxylic acids is 1. The van der Waals surface area contributed by atoms with Gasteiger partial charge in [-0.2, -0.15) is 4.31 Å². The molecule has 2 aliphatic heterocycles. The van der Waals surface area contributed by atoms with Gasteiger partial charge in [0.25, 0.3) is 0 Å². The number of benzene rings is 2. The molecule has 2 fully saturated rings. The van der Waals surface area contributed by atoms with Crippen LogP contribution < -0.4 is 10.1 Å². The van der Waals surface area contributed by atoms with Crippen LogP contribution in [-0.2, 0) is 49.1 Å². The maximum absolute atomic E-state index is 13.8. The molecule has 2 aliphatic rings. The van der Waals surface area contributed by atoms with Gasteiger partial charge in [0.1, 0.15) is 11.9 Å². The summed E-state index contributed by atoms with van der Waals surface area (Å²) in [6.07, 6.45) is -1.08. The van der Waals surface area contributed by atoms with E-state index in [0.29, 0.717) is 24.3 Å². The van der Waals surface area contributed by atoms with Crippen molar-refractivity contribution in [1.29, 1.82) is 0 Å². The summed E-state index contributed by atoms with van der Waals surface area (Å²) in [6.45, 7) is 8.12. The number of amides is 1. The molecule has 284 valence electrons. The lowest BCUT2D eigenvalue weighted by molar-refractivity contribution is -0.0907. The standard InChI is InChI=1S/C34H50N3O12PS/c1-6-47-50(40,48-7-2)23-46-35-19-26-10-8-25(9-11-26)18-30(36-34(39)49-32-22-45-33-29(32)16-17-44-33)31(38)21-37(20-24(3)4)51(41,42)28-14-12-27(43-5)13-15-28/h8-15,19,24,29-33,38H,6-7,16-18,20-23H2,1-5H3,(H,36,39)/b35-19+/t29-,30-,31+,32-,33+/m0/s1. The Balaban J connectivity index is 1.49. The molecule has 2 saturated heterocycles. The van der Waals surface area contributed by atoms with E-state index in [4.69, 9.17) is 32.8 Å². The van der Waals surface area contributed by atoms with Crippen LogP contribution in [-0.4, -0.2) is 108 Å². The lowest BCUT2D eigenvalue weighted by Gasteiger charge is -2.31. The average molecular weight is 756 g/mol. The van der Waals surface area contributed by atoms with Gasteiger partial charge in [-0.25, -0.2) is 13.2 Å². The Morgan fingerprint density at radius 3 is 2.39 bits per heavy atom. The van der Waals surface area contributed by atoms with Crippen molar-refractivity contribution in [2.75, 3.05) is 53.0 Å². The van der Waals surface area contributed by atoms with Crippen LogP contribution in [0, 0.1) is 11.8 Å². The third kappa shape index (κ3) is 11.7. The number of carbonyl (C=O) groups is 1. The van der Waals surface area contributed by atoms with E-state index >= 15 is 0 Å². The van der Waals surface area contributed by atoms with Crippen molar-refractivity contribution in [2.24, 2.45) is 17.0 Å². The van der Waals surface area contributed by atoms with Gasteiger partial charge in [-0.1, -0.05) is 43.3 Å². The third-order valence-corrected chi connectivity index (χ3v) is 11.8. The molecule has 2 aromatic carbocycles. The van der Waals surface area contributed by atoms with Crippen LogP contribution in [0.2, 0.25) is 0 Å². The quantitative estimate of drug-likeness (QED) is 0.111. The lowest BCUT2D eigenvalue weighted by atomic mass is 10.00. The number of sulfonamides is 1. The SMILES string of the molecule is CCOP(=O)(CO/N=C/c1ccc(C[C@H](NC(=O)O[C@H]2CO[C@H]3OCC[C@H]32)[C@H](O)CN(CC(C)C)S(=O)(=O)c2ccc(OC)cc2)cc1)OCC. The van der Waals surface area contributed by atoms with Crippen molar-refractivity contribution < 1.29 is 55.7 Å². The van der Waals surface area contributed by atoms with E-state index in [9.17, 15) is 22.9 Å². The van der Waals surface area contributed by atoms with Gasteiger partial charge in [0, 0.05) is 13.1 Å². The van der Waals surface area contributed by atoms with Gasteiger partial charge in [-0.3, -0.25) is 4.57 Å². The molecule has 0 unspecified atom stereocenters. The number of alkyl carbamates (subject to hydrolysis) is 1. The van der Waals surface area contributed by atoms with Crippen molar-refractivity contribution in [3.63, 3.8) is 0 Å². The Kier molecular flexibility index (Phi) is 15.3. The summed E-state index contributed by atoms with van der Waals surface area (Å²) in [6, 6.07) is 12.2. The fraction of sp³-hybridized carbons (Fsp3) is 0.588. The zero-order valence-corrected chi connectivity index (χ0v) is 31.4. The molecular formula is C34H50N3O12PS. The summed E-state index contributed by atoms with van der Waals surface area (Å²) in [7, 11) is -5.95. The first-order valence-electron chi connectivity index (χ1n) is 17.0. The molecule has 5 atom stereocenters. The second-order valence-corrected chi connectivity index (χ2v) is 16.5. The molecule has 0 spiro atoms. The number of aliphatic hydroxyl groups excluding tert-OH is 1. The van der Waals surface area contributed by atoms with Crippen LogP contribution in [0.4, 0.5) is 4.79 Å². The molecule has 0 saturated carbocycles. The largest absolute Gasteiger partial charge is 0.497 e. The maximum atomic E-state index is 13.8. The first-order chi connectivity index (χ1) is 24.4. The summed E-state index contributed by atoms with van der Waals surface area (Å²) in [4.78, 5) is 18.5. The van der Waals surface area contributed by atoms with Gasteiger partial charge in [-0.15, -0.1) is 0 Å². The summed E-state index contributed by atoms with van der Waals surface area (Å²) in [5, 5.41) is 18.3. The molecule has 17 heteroatoms. The molecule has 0 aliphatic carbocycles. The smallest absolute Gasteiger partial charge is 0.407 e. The van der Waals surface area contributed by atoms with E-state index in [1.807, 2.05) is 13.8 Å². The minimum absolute atomic E-state index is 0.0504. The molecule has 1 amide bonds. The Morgan fingerprint density at radius 2 is 1.76 bits per heavy atom. The highest BCUT2D eigenvalue weighted by Crippen LogP contribution is 2.47. The van der Waals surface area contributed by atoms with Crippen LogP contribution in [0.25, 0.3) is 0 Å². The highest BCUT2D eigenvalue weighted by atomic mass is 32.2. The first kappa shape index (κ1) is 40.7.